The minimum atomic E-state index is -0.830. The van der Waals surface area contributed by atoms with Crippen molar-refractivity contribution in [1.29, 1.82) is 0 Å². The standard InChI is InChI=1S/C13H17NO4/c1-2-3-6-14(8-13(15)16)10-4-5-11-12(7-10)18-9-17-11/h4-5,7H,2-3,6,8-9H2,1H3,(H,15,16). The van der Waals surface area contributed by atoms with E-state index in [0.717, 1.165) is 25.1 Å². The number of benzene rings is 1. The van der Waals surface area contributed by atoms with Crippen molar-refractivity contribution >= 4 is 11.7 Å². The highest BCUT2D eigenvalue weighted by molar-refractivity contribution is 5.74. The second kappa shape index (κ2) is 5.62. The second-order valence-electron chi connectivity index (χ2n) is 4.21. The lowest BCUT2D eigenvalue weighted by molar-refractivity contribution is -0.135. The van der Waals surface area contributed by atoms with E-state index in [-0.39, 0.29) is 13.3 Å². The molecule has 0 spiro atoms. The van der Waals surface area contributed by atoms with Gasteiger partial charge in [-0.25, -0.2) is 0 Å². The van der Waals surface area contributed by atoms with Crippen LogP contribution in [0.25, 0.3) is 0 Å². The summed E-state index contributed by atoms with van der Waals surface area (Å²) in [6.45, 7) is 3.04. The molecule has 1 aliphatic rings. The summed E-state index contributed by atoms with van der Waals surface area (Å²) in [7, 11) is 0. The fourth-order valence-corrected chi connectivity index (χ4v) is 1.89. The summed E-state index contributed by atoms with van der Waals surface area (Å²) in [6, 6.07) is 5.52. The van der Waals surface area contributed by atoms with E-state index in [9.17, 15) is 4.79 Å². The van der Waals surface area contributed by atoms with Gasteiger partial charge in [-0.1, -0.05) is 13.3 Å². The zero-order valence-electron chi connectivity index (χ0n) is 10.4. The number of fused-ring (bicyclic) bond motifs is 1. The summed E-state index contributed by atoms with van der Waals surface area (Å²) < 4.78 is 10.5. The van der Waals surface area contributed by atoms with Crippen LogP contribution < -0.4 is 14.4 Å². The summed E-state index contributed by atoms with van der Waals surface area (Å²) in [5.41, 5.74) is 0.857. The molecular formula is C13H17NO4. The molecule has 5 heteroatoms. The Morgan fingerprint density at radius 1 is 1.39 bits per heavy atom. The van der Waals surface area contributed by atoms with Gasteiger partial charge >= 0.3 is 5.97 Å². The Bertz CT molecular complexity index is 433. The van der Waals surface area contributed by atoms with Crippen LogP contribution in [-0.4, -0.2) is 31.0 Å². The Morgan fingerprint density at radius 3 is 2.89 bits per heavy atom. The molecule has 1 aliphatic heterocycles. The topological polar surface area (TPSA) is 59.0 Å². The van der Waals surface area contributed by atoms with Crippen LogP contribution in [0, 0.1) is 0 Å². The highest BCUT2D eigenvalue weighted by Gasteiger charge is 2.17. The summed E-state index contributed by atoms with van der Waals surface area (Å²) in [5.74, 6) is 0.563. The number of hydrogen-bond donors (Lipinski definition) is 1. The minimum Gasteiger partial charge on any atom is -0.480 e. The maximum absolute atomic E-state index is 10.9. The van der Waals surface area contributed by atoms with Crippen molar-refractivity contribution in [3.05, 3.63) is 18.2 Å². The van der Waals surface area contributed by atoms with Crippen molar-refractivity contribution in [2.24, 2.45) is 0 Å². The van der Waals surface area contributed by atoms with Gasteiger partial charge in [0.25, 0.3) is 0 Å². The van der Waals surface area contributed by atoms with E-state index in [4.69, 9.17) is 14.6 Å². The van der Waals surface area contributed by atoms with Crippen LogP contribution >= 0.6 is 0 Å². The lowest BCUT2D eigenvalue weighted by Crippen LogP contribution is -2.30. The molecular weight excluding hydrogens is 234 g/mol. The average molecular weight is 251 g/mol. The lowest BCUT2D eigenvalue weighted by Gasteiger charge is -2.22. The van der Waals surface area contributed by atoms with Gasteiger partial charge in [0.15, 0.2) is 11.5 Å². The summed E-state index contributed by atoms with van der Waals surface area (Å²) in [4.78, 5) is 12.7. The molecule has 1 N–H and O–H groups in total. The van der Waals surface area contributed by atoms with Crippen LogP contribution in [0.15, 0.2) is 18.2 Å². The number of anilines is 1. The number of nitrogens with zero attached hydrogens (tertiary/aromatic N) is 1. The number of aliphatic carboxylic acids is 1. The molecule has 98 valence electrons. The van der Waals surface area contributed by atoms with Gasteiger partial charge in [0.2, 0.25) is 6.79 Å². The summed E-state index contributed by atoms with van der Waals surface area (Å²) >= 11 is 0. The van der Waals surface area contributed by atoms with Crippen LogP contribution in [0.3, 0.4) is 0 Å². The maximum atomic E-state index is 10.9. The second-order valence-corrected chi connectivity index (χ2v) is 4.21. The van der Waals surface area contributed by atoms with Crippen LogP contribution in [0.4, 0.5) is 5.69 Å². The predicted molar refractivity (Wildman–Crippen MR) is 67.3 cm³/mol. The molecule has 0 atom stereocenters. The molecule has 0 aliphatic carbocycles. The molecule has 0 bridgehead atoms. The fourth-order valence-electron chi connectivity index (χ4n) is 1.89. The molecule has 18 heavy (non-hydrogen) atoms. The van der Waals surface area contributed by atoms with E-state index in [0.29, 0.717) is 11.5 Å². The first-order chi connectivity index (χ1) is 8.70. The first-order valence-corrected chi connectivity index (χ1v) is 6.07. The maximum Gasteiger partial charge on any atom is 0.323 e. The number of hydrogen-bond acceptors (Lipinski definition) is 4. The Balaban J connectivity index is 2.15. The number of ether oxygens (including phenoxy) is 2. The van der Waals surface area contributed by atoms with Crippen LogP contribution in [0.2, 0.25) is 0 Å². The fraction of sp³-hybridized carbons (Fsp3) is 0.462. The molecule has 0 amide bonds. The summed E-state index contributed by atoms with van der Waals surface area (Å²) in [6.07, 6.45) is 1.99. The van der Waals surface area contributed by atoms with Crippen LogP contribution in [0.5, 0.6) is 11.5 Å². The third-order valence-electron chi connectivity index (χ3n) is 2.83. The molecule has 0 saturated carbocycles. The highest BCUT2D eigenvalue weighted by atomic mass is 16.7. The highest BCUT2D eigenvalue weighted by Crippen LogP contribution is 2.35. The predicted octanol–water partition coefficient (Wildman–Crippen LogP) is 2.11. The zero-order chi connectivity index (χ0) is 13.0. The van der Waals surface area contributed by atoms with Crippen LogP contribution in [0.1, 0.15) is 19.8 Å². The molecule has 1 aromatic rings. The van der Waals surface area contributed by atoms with E-state index in [2.05, 4.69) is 6.92 Å². The number of carbonyl (C=O) groups is 1. The number of carboxylic acids is 1. The monoisotopic (exact) mass is 251 g/mol. The van der Waals surface area contributed by atoms with Gasteiger partial charge in [0, 0.05) is 18.3 Å². The van der Waals surface area contributed by atoms with Gasteiger partial charge in [-0.3, -0.25) is 4.79 Å². The van der Waals surface area contributed by atoms with Crippen molar-refractivity contribution in [3.8, 4) is 11.5 Å². The van der Waals surface area contributed by atoms with Crippen molar-refractivity contribution in [2.45, 2.75) is 19.8 Å². The molecule has 1 heterocycles. The van der Waals surface area contributed by atoms with E-state index in [1.807, 2.05) is 23.1 Å². The average Bonchev–Trinajstić information content (AvgIpc) is 2.81. The molecule has 2 rings (SSSR count). The molecule has 5 nitrogen and oxygen atoms in total. The van der Waals surface area contributed by atoms with Gasteiger partial charge in [-0.15, -0.1) is 0 Å². The SMILES string of the molecule is CCCCN(CC(=O)O)c1ccc2c(c1)OCO2. The Labute approximate surface area is 106 Å². The molecule has 0 radical (unpaired) electrons. The first-order valence-electron chi connectivity index (χ1n) is 6.07. The van der Waals surface area contributed by atoms with Crippen molar-refractivity contribution in [1.82, 2.24) is 0 Å². The smallest absolute Gasteiger partial charge is 0.323 e. The van der Waals surface area contributed by atoms with Gasteiger partial charge in [-0.05, 0) is 18.6 Å². The zero-order valence-corrected chi connectivity index (χ0v) is 10.4. The van der Waals surface area contributed by atoms with E-state index in [1.165, 1.54) is 0 Å². The number of rotatable bonds is 6. The van der Waals surface area contributed by atoms with Gasteiger partial charge < -0.3 is 19.5 Å². The van der Waals surface area contributed by atoms with E-state index in [1.54, 1.807) is 0 Å². The van der Waals surface area contributed by atoms with Gasteiger partial charge in [0.05, 0.1) is 0 Å². The quantitative estimate of drug-likeness (QED) is 0.839. The van der Waals surface area contributed by atoms with Gasteiger partial charge in [0.1, 0.15) is 6.54 Å². The van der Waals surface area contributed by atoms with E-state index >= 15 is 0 Å². The molecule has 0 fully saturated rings. The summed E-state index contributed by atoms with van der Waals surface area (Å²) in [5, 5.41) is 8.94. The Hall–Kier alpha value is -1.91. The van der Waals surface area contributed by atoms with Crippen molar-refractivity contribution in [2.75, 3.05) is 24.8 Å². The molecule has 0 unspecified atom stereocenters. The molecule has 0 aromatic heterocycles. The Kier molecular flexibility index (Phi) is 3.92. The first kappa shape index (κ1) is 12.5. The van der Waals surface area contributed by atoms with Gasteiger partial charge in [-0.2, -0.15) is 0 Å². The van der Waals surface area contributed by atoms with E-state index < -0.39 is 5.97 Å². The number of unbranched alkanes of at least 4 members (excludes halogenated alkanes) is 1. The third kappa shape index (κ3) is 2.85. The van der Waals surface area contributed by atoms with Crippen LogP contribution in [-0.2, 0) is 4.79 Å². The number of carboxylic acid groups (broad SMARTS) is 1. The van der Waals surface area contributed by atoms with Crippen molar-refractivity contribution in [3.63, 3.8) is 0 Å². The lowest BCUT2D eigenvalue weighted by atomic mass is 10.2. The minimum absolute atomic E-state index is 0.000353. The normalized spacial score (nSPS) is 12.5. The molecule has 1 aromatic carbocycles. The largest absolute Gasteiger partial charge is 0.480 e. The third-order valence-corrected chi connectivity index (χ3v) is 2.83. The molecule has 0 saturated heterocycles. The Morgan fingerprint density at radius 2 is 2.17 bits per heavy atom. The van der Waals surface area contributed by atoms with Crippen molar-refractivity contribution < 1.29 is 19.4 Å².